The van der Waals surface area contributed by atoms with E-state index in [1.165, 1.54) is 25.9 Å². The van der Waals surface area contributed by atoms with Gasteiger partial charge in [0.05, 0.1) is 0 Å². The molecule has 0 saturated carbocycles. The second-order valence-corrected chi connectivity index (χ2v) is 5.39. The maximum atomic E-state index is 5.49. The molecular formula is C14H26N6. The van der Waals surface area contributed by atoms with Crippen molar-refractivity contribution in [3.8, 4) is 0 Å². The molecule has 0 aliphatic carbocycles. The van der Waals surface area contributed by atoms with Crippen LogP contribution in [0.1, 0.15) is 32.0 Å². The normalized spacial score (nSPS) is 15.6. The van der Waals surface area contributed by atoms with E-state index in [-0.39, 0.29) is 0 Å². The standard InChI is InChI=1S/C14H26N6/c1-3-6-12-16-13(18-15)11-14(17-12)19(2)9-10-20-7-4-5-8-20/h11H,3-10,15H2,1-2H3,(H,16,17,18). The molecule has 0 aromatic carbocycles. The highest BCUT2D eigenvalue weighted by atomic mass is 15.3. The van der Waals surface area contributed by atoms with Gasteiger partial charge in [-0.3, -0.25) is 0 Å². The molecule has 2 rings (SSSR count). The lowest BCUT2D eigenvalue weighted by molar-refractivity contribution is 0.346. The number of likely N-dealkylation sites (N-methyl/N-ethyl adjacent to an activating group) is 1. The molecule has 0 spiro atoms. The van der Waals surface area contributed by atoms with E-state index in [4.69, 9.17) is 5.84 Å². The number of hydrogen-bond donors (Lipinski definition) is 2. The van der Waals surface area contributed by atoms with Crippen molar-refractivity contribution in [3.05, 3.63) is 11.9 Å². The molecule has 6 nitrogen and oxygen atoms in total. The van der Waals surface area contributed by atoms with Gasteiger partial charge >= 0.3 is 0 Å². The second kappa shape index (κ2) is 7.40. The van der Waals surface area contributed by atoms with Gasteiger partial charge in [0.15, 0.2) is 0 Å². The minimum atomic E-state index is 0.687. The van der Waals surface area contributed by atoms with Crippen LogP contribution in [0.3, 0.4) is 0 Å². The fourth-order valence-corrected chi connectivity index (χ4v) is 2.50. The van der Waals surface area contributed by atoms with Gasteiger partial charge in [-0.15, -0.1) is 0 Å². The van der Waals surface area contributed by atoms with Crippen LogP contribution in [-0.2, 0) is 6.42 Å². The molecule has 0 unspecified atom stereocenters. The molecule has 0 amide bonds. The summed E-state index contributed by atoms with van der Waals surface area (Å²) in [4.78, 5) is 13.7. The number of aryl methyl sites for hydroxylation is 1. The Morgan fingerprint density at radius 3 is 2.75 bits per heavy atom. The molecule has 1 saturated heterocycles. The number of hydrogen-bond acceptors (Lipinski definition) is 6. The molecule has 20 heavy (non-hydrogen) atoms. The van der Waals surface area contributed by atoms with E-state index >= 15 is 0 Å². The minimum absolute atomic E-state index is 0.687. The van der Waals surface area contributed by atoms with Crippen molar-refractivity contribution < 1.29 is 0 Å². The van der Waals surface area contributed by atoms with Gasteiger partial charge in [-0.1, -0.05) is 6.92 Å². The first-order valence-electron chi connectivity index (χ1n) is 7.51. The molecule has 0 atom stereocenters. The number of nitrogen functional groups attached to an aromatic ring is 1. The number of hydrazine groups is 1. The summed E-state index contributed by atoms with van der Waals surface area (Å²) < 4.78 is 0. The van der Waals surface area contributed by atoms with Crippen LogP contribution in [0.15, 0.2) is 6.07 Å². The lowest BCUT2D eigenvalue weighted by atomic mass is 10.3. The summed E-state index contributed by atoms with van der Waals surface area (Å²) in [6.45, 7) is 6.66. The third kappa shape index (κ3) is 4.05. The third-order valence-electron chi connectivity index (χ3n) is 3.72. The van der Waals surface area contributed by atoms with Crippen LogP contribution in [0.5, 0.6) is 0 Å². The van der Waals surface area contributed by atoms with E-state index < -0.39 is 0 Å². The number of anilines is 2. The summed E-state index contributed by atoms with van der Waals surface area (Å²) in [5.41, 5.74) is 2.63. The highest BCUT2D eigenvalue weighted by Gasteiger charge is 2.13. The van der Waals surface area contributed by atoms with Gasteiger partial charge < -0.3 is 15.2 Å². The van der Waals surface area contributed by atoms with E-state index in [0.29, 0.717) is 5.82 Å². The zero-order chi connectivity index (χ0) is 14.4. The zero-order valence-corrected chi connectivity index (χ0v) is 12.6. The Morgan fingerprint density at radius 1 is 1.35 bits per heavy atom. The van der Waals surface area contributed by atoms with Crippen molar-refractivity contribution in [3.63, 3.8) is 0 Å². The third-order valence-corrected chi connectivity index (χ3v) is 3.72. The Labute approximate surface area is 121 Å². The molecule has 1 aromatic rings. The van der Waals surface area contributed by atoms with Crippen LogP contribution >= 0.6 is 0 Å². The molecule has 1 fully saturated rings. The van der Waals surface area contributed by atoms with Crippen LogP contribution in [0.2, 0.25) is 0 Å². The highest BCUT2D eigenvalue weighted by Crippen LogP contribution is 2.15. The summed E-state index contributed by atoms with van der Waals surface area (Å²) in [6, 6.07) is 1.91. The highest BCUT2D eigenvalue weighted by molar-refractivity contribution is 5.48. The van der Waals surface area contributed by atoms with E-state index in [1.54, 1.807) is 0 Å². The summed E-state index contributed by atoms with van der Waals surface area (Å²) in [5.74, 6) is 7.97. The molecule has 1 aliphatic heterocycles. The second-order valence-electron chi connectivity index (χ2n) is 5.39. The largest absolute Gasteiger partial charge is 0.358 e. The van der Waals surface area contributed by atoms with Crippen LogP contribution in [0.25, 0.3) is 0 Å². The number of likely N-dealkylation sites (tertiary alicyclic amines) is 1. The summed E-state index contributed by atoms with van der Waals surface area (Å²) in [5, 5.41) is 0. The molecule has 6 heteroatoms. The first-order chi connectivity index (χ1) is 9.72. The van der Waals surface area contributed by atoms with Gasteiger partial charge in [0.2, 0.25) is 0 Å². The number of rotatable bonds is 7. The van der Waals surface area contributed by atoms with E-state index in [9.17, 15) is 0 Å². The fourth-order valence-electron chi connectivity index (χ4n) is 2.50. The number of nitrogens with one attached hydrogen (secondary N) is 1. The summed E-state index contributed by atoms with van der Waals surface area (Å²) in [7, 11) is 2.08. The van der Waals surface area contributed by atoms with Crippen LogP contribution in [-0.4, -0.2) is 48.1 Å². The van der Waals surface area contributed by atoms with Gasteiger partial charge in [-0.25, -0.2) is 15.8 Å². The number of nitrogens with two attached hydrogens (primary N) is 1. The maximum Gasteiger partial charge on any atom is 0.145 e. The van der Waals surface area contributed by atoms with E-state index in [0.717, 1.165) is 37.6 Å². The lowest BCUT2D eigenvalue weighted by Crippen LogP contribution is -2.32. The van der Waals surface area contributed by atoms with Crippen molar-refractivity contribution in [2.75, 3.05) is 43.6 Å². The zero-order valence-electron chi connectivity index (χ0n) is 12.6. The SMILES string of the molecule is CCCc1nc(NN)cc(N(C)CCN2CCCC2)n1. The van der Waals surface area contributed by atoms with Gasteiger partial charge in [0.1, 0.15) is 17.5 Å². The topological polar surface area (TPSA) is 70.3 Å². The van der Waals surface area contributed by atoms with Crippen molar-refractivity contribution in [1.82, 2.24) is 14.9 Å². The first kappa shape index (κ1) is 15.0. The smallest absolute Gasteiger partial charge is 0.145 e. The van der Waals surface area contributed by atoms with Crippen LogP contribution in [0.4, 0.5) is 11.6 Å². The van der Waals surface area contributed by atoms with Gasteiger partial charge in [-0.05, 0) is 32.4 Å². The Morgan fingerprint density at radius 2 is 2.10 bits per heavy atom. The average Bonchev–Trinajstić information content (AvgIpc) is 2.98. The molecule has 0 radical (unpaired) electrons. The molecule has 112 valence electrons. The average molecular weight is 278 g/mol. The maximum absolute atomic E-state index is 5.49. The molecule has 1 aromatic heterocycles. The predicted octanol–water partition coefficient (Wildman–Crippen LogP) is 1.25. The van der Waals surface area contributed by atoms with Gasteiger partial charge in [-0.2, -0.15) is 0 Å². The summed E-state index contributed by atoms with van der Waals surface area (Å²) in [6.07, 6.45) is 4.58. The Hall–Kier alpha value is -1.40. The van der Waals surface area contributed by atoms with Crippen molar-refractivity contribution in [2.45, 2.75) is 32.6 Å². The quantitative estimate of drug-likeness (QED) is 0.578. The minimum Gasteiger partial charge on any atom is -0.358 e. The monoisotopic (exact) mass is 278 g/mol. The Balaban J connectivity index is 1.99. The van der Waals surface area contributed by atoms with Gasteiger partial charge in [0.25, 0.3) is 0 Å². The van der Waals surface area contributed by atoms with Crippen molar-refractivity contribution >= 4 is 11.6 Å². The number of aromatic nitrogens is 2. The lowest BCUT2D eigenvalue weighted by Gasteiger charge is -2.23. The van der Waals surface area contributed by atoms with Gasteiger partial charge in [0, 0.05) is 32.6 Å². The Bertz CT molecular complexity index is 416. The van der Waals surface area contributed by atoms with E-state index in [2.05, 4.69) is 39.2 Å². The Kier molecular flexibility index (Phi) is 5.55. The molecule has 0 bridgehead atoms. The summed E-state index contributed by atoms with van der Waals surface area (Å²) >= 11 is 0. The van der Waals surface area contributed by atoms with Crippen LogP contribution < -0.4 is 16.2 Å². The molecule has 3 N–H and O–H groups in total. The molecule has 1 aliphatic rings. The predicted molar refractivity (Wildman–Crippen MR) is 82.8 cm³/mol. The molecule has 2 heterocycles. The first-order valence-corrected chi connectivity index (χ1v) is 7.51. The van der Waals surface area contributed by atoms with Crippen molar-refractivity contribution in [1.29, 1.82) is 0 Å². The van der Waals surface area contributed by atoms with E-state index in [1.807, 2.05) is 6.07 Å². The van der Waals surface area contributed by atoms with Crippen LogP contribution in [0, 0.1) is 0 Å². The fraction of sp³-hybridized carbons (Fsp3) is 0.714. The molecular weight excluding hydrogens is 252 g/mol. The number of nitrogens with zero attached hydrogens (tertiary/aromatic N) is 4. The van der Waals surface area contributed by atoms with Crippen molar-refractivity contribution in [2.24, 2.45) is 5.84 Å².